The molecule has 2 rings (SSSR count). The third-order valence-corrected chi connectivity index (χ3v) is 5.62. The molecule has 0 saturated heterocycles. The zero-order valence-corrected chi connectivity index (χ0v) is 14.0. The molecule has 2 aromatic rings. The summed E-state index contributed by atoms with van der Waals surface area (Å²) >= 11 is 1.44. The van der Waals surface area contributed by atoms with Crippen molar-refractivity contribution >= 4 is 21.4 Å². The smallest absolute Gasteiger partial charge is 0.242 e. The lowest BCUT2D eigenvalue weighted by atomic mass is 10.3. The van der Waals surface area contributed by atoms with Gasteiger partial charge in [-0.1, -0.05) is 6.92 Å². The Bertz CT molecular complexity index is 689. The van der Waals surface area contributed by atoms with Gasteiger partial charge in [0, 0.05) is 16.8 Å². The first-order valence-electron chi connectivity index (χ1n) is 6.79. The Morgan fingerprint density at radius 3 is 2.76 bits per heavy atom. The lowest BCUT2D eigenvalue weighted by Gasteiger charge is -2.11. The highest BCUT2D eigenvalue weighted by atomic mass is 32.2. The van der Waals surface area contributed by atoms with E-state index in [0.29, 0.717) is 17.2 Å². The third kappa shape index (κ3) is 4.16. The van der Waals surface area contributed by atoms with Crippen molar-refractivity contribution in [1.82, 2.24) is 10.0 Å². The molecule has 2 aromatic heterocycles. The van der Waals surface area contributed by atoms with Crippen LogP contribution in [0.5, 0.6) is 0 Å². The molecule has 116 valence electrons. The van der Waals surface area contributed by atoms with Crippen molar-refractivity contribution in [3.63, 3.8) is 0 Å². The van der Waals surface area contributed by atoms with Crippen molar-refractivity contribution in [1.29, 1.82) is 0 Å². The van der Waals surface area contributed by atoms with E-state index in [9.17, 15) is 8.42 Å². The molecule has 5 nitrogen and oxygen atoms in total. The molecule has 0 aromatic carbocycles. The highest BCUT2D eigenvalue weighted by Crippen LogP contribution is 2.22. The zero-order valence-electron chi connectivity index (χ0n) is 12.3. The van der Waals surface area contributed by atoms with Crippen LogP contribution in [0.15, 0.2) is 32.9 Å². The molecule has 0 saturated carbocycles. The molecule has 0 aliphatic carbocycles. The van der Waals surface area contributed by atoms with Crippen LogP contribution in [0.2, 0.25) is 0 Å². The Hall–Kier alpha value is -1.15. The number of furan rings is 1. The molecule has 0 spiro atoms. The van der Waals surface area contributed by atoms with Gasteiger partial charge in [-0.2, -0.15) is 0 Å². The van der Waals surface area contributed by atoms with E-state index in [1.54, 1.807) is 24.4 Å². The van der Waals surface area contributed by atoms with E-state index < -0.39 is 16.1 Å². The molecular formula is C14H20N2O3S2. The van der Waals surface area contributed by atoms with Gasteiger partial charge >= 0.3 is 0 Å². The summed E-state index contributed by atoms with van der Waals surface area (Å²) in [5, 5.41) is 4.84. The summed E-state index contributed by atoms with van der Waals surface area (Å²) in [4.78, 5) is 1.30. The maximum Gasteiger partial charge on any atom is 0.242 e. The van der Waals surface area contributed by atoms with Gasteiger partial charge < -0.3 is 9.73 Å². The fraction of sp³-hybridized carbons (Fsp3) is 0.429. The number of hydrogen-bond donors (Lipinski definition) is 2. The van der Waals surface area contributed by atoms with Gasteiger partial charge in [-0.05, 0) is 38.6 Å². The van der Waals surface area contributed by atoms with Crippen LogP contribution in [0.1, 0.15) is 36.3 Å². The minimum Gasteiger partial charge on any atom is -0.465 e. The van der Waals surface area contributed by atoms with Gasteiger partial charge in [-0.25, -0.2) is 13.1 Å². The van der Waals surface area contributed by atoms with Crippen molar-refractivity contribution in [3.8, 4) is 0 Å². The summed E-state index contributed by atoms with van der Waals surface area (Å²) in [6.45, 7) is 7.15. The van der Waals surface area contributed by atoms with Crippen molar-refractivity contribution < 1.29 is 12.8 Å². The van der Waals surface area contributed by atoms with Crippen LogP contribution in [-0.2, 0) is 16.6 Å². The number of aryl methyl sites for hydroxylation is 1. The second kappa shape index (κ2) is 6.74. The lowest BCUT2D eigenvalue weighted by molar-refractivity contribution is 0.441. The Balaban J connectivity index is 2.09. The normalized spacial score (nSPS) is 13.5. The fourth-order valence-electron chi connectivity index (χ4n) is 1.89. The highest BCUT2D eigenvalue weighted by Gasteiger charge is 2.21. The predicted molar refractivity (Wildman–Crippen MR) is 83.9 cm³/mol. The molecule has 1 atom stereocenters. The molecule has 0 fully saturated rings. The van der Waals surface area contributed by atoms with Crippen LogP contribution in [-0.4, -0.2) is 15.0 Å². The van der Waals surface area contributed by atoms with Crippen LogP contribution in [0.25, 0.3) is 0 Å². The standard InChI is InChI=1S/C14H20N2O3S2/c1-4-15-8-12-7-13(9-20-12)21(17,18)16-11(3)14-6-5-10(2)19-14/h5-7,9,11,15-16H,4,8H2,1-3H3. The largest absolute Gasteiger partial charge is 0.465 e. The molecule has 0 bridgehead atoms. The van der Waals surface area contributed by atoms with Gasteiger partial charge in [0.15, 0.2) is 0 Å². The minimum absolute atomic E-state index is 0.301. The van der Waals surface area contributed by atoms with Crippen LogP contribution in [0, 0.1) is 6.92 Å². The summed E-state index contributed by atoms with van der Waals surface area (Å²) in [5.74, 6) is 1.37. The number of sulfonamides is 1. The molecule has 0 aliphatic heterocycles. The van der Waals surface area contributed by atoms with E-state index >= 15 is 0 Å². The van der Waals surface area contributed by atoms with Crippen molar-refractivity contribution in [2.75, 3.05) is 6.54 Å². The van der Waals surface area contributed by atoms with Gasteiger partial charge in [-0.3, -0.25) is 0 Å². The topological polar surface area (TPSA) is 71.3 Å². The maximum absolute atomic E-state index is 12.3. The van der Waals surface area contributed by atoms with Crippen LogP contribution in [0.4, 0.5) is 0 Å². The molecule has 2 N–H and O–H groups in total. The van der Waals surface area contributed by atoms with Crippen molar-refractivity contribution in [2.45, 2.75) is 38.3 Å². The Labute approximate surface area is 129 Å². The second-order valence-corrected chi connectivity index (χ2v) is 7.53. The van der Waals surface area contributed by atoms with Gasteiger partial charge in [0.05, 0.1) is 10.9 Å². The van der Waals surface area contributed by atoms with Gasteiger partial charge in [0.2, 0.25) is 10.0 Å². The van der Waals surface area contributed by atoms with E-state index in [2.05, 4.69) is 10.0 Å². The van der Waals surface area contributed by atoms with E-state index in [1.165, 1.54) is 11.3 Å². The first kappa shape index (κ1) is 16.2. The summed E-state index contributed by atoms with van der Waals surface area (Å²) in [7, 11) is -3.53. The minimum atomic E-state index is -3.53. The summed E-state index contributed by atoms with van der Waals surface area (Å²) in [6, 6.07) is 4.91. The van der Waals surface area contributed by atoms with Gasteiger partial charge in [0.25, 0.3) is 0 Å². The zero-order chi connectivity index (χ0) is 15.5. The Morgan fingerprint density at radius 1 is 1.38 bits per heavy atom. The van der Waals surface area contributed by atoms with E-state index in [-0.39, 0.29) is 0 Å². The lowest BCUT2D eigenvalue weighted by Crippen LogP contribution is -2.26. The first-order valence-corrected chi connectivity index (χ1v) is 9.15. The summed E-state index contributed by atoms with van der Waals surface area (Å²) < 4.78 is 32.8. The van der Waals surface area contributed by atoms with E-state index in [1.807, 2.05) is 19.9 Å². The number of rotatable bonds is 7. The van der Waals surface area contributed by atoms with E-state index in [0.717, 1.165) is 17.2 Å². The molecule has 1 unspecified atom stereocenters. The molecule has 2 heterocycles. The Morgan fingerprint density at radius 2 is 2.14 bits per heavy atom. The SMILES string of the molecule is CCNCc1cc(S(=O)(=O)NC(C)c2ccc(C)o2)cs1. The fourth-order valence-corrected chi connectivity index (χ4v) is 4.34. The monoisotopic (exact) mass is 328 g/mol. The van der Waals surface area contributed by atoms with Crippen LogP contribution in [0.3, 0.4) is 0 Å². The highest BCUT2D eigenvalue weighted by molar-refractivity contribution is 7.89. The first-order chi connectivity index (χ1) is 9.92. The van der Waals surface area contributed by atoms with Gasteiger partial charge in [-0.15, -0.1) is 11.3 Å². The molecule has 0 radical (unpaired) electrons. The summed E-state index contributed by atoms with van der Waals surface area (Å²) in [6.07, 6.45) is 0. The third-order valence-electron chi connectivity index (χ3n) is 3.01. The van der Waals surface area contributed by atoms with Crippen molar-refractivity contribution in [2.24, 2.45) is 0 Å². The molecule has 7 heteroatoms. The van der Waals surface area contributed by atoms with Gasteiger partial charge in [0.1, 0.15) is 11.5 Å². The molecule has 0 amide bonds. The molecule has 0 aliphatic rings. The number of nitrogens with one attached hydrogen (secondary N) is 2. The quantitative estimate of drug-likeness (QED) is 0.820. The second-order valence-electron chi connectivity index (χ2n) is 4.82. The van der Waals surface area contributed by atoms with Crippen LogP contribution < -0.4 is 10.0 Å². The predicted octanol–water partition coefficient (Wildman–Crippen LogP) is 2.80. The maximum atomic E-state index is 12.3. The van der Waals surface area contributed by atoms with Crippen molar-refractivity contribution in [3.05, 3.63) is 40.0 Å². The Kier molecular flexibility index (Phi) is 5.21. The molecular weight excluding hydrogens is 308 g/mol. The average Bonchev–Trinajstić information content (AvgIpc) is 3.05. The number of thiophene rings is 1. The summed E-state index contributed by atoms with van der Waals surface area (Å²) in [5.41, 5.74) is 0. The molecule has 21 heavy (non-hydrogen) atoms. The van der Waals surface area contributed by atoms with Crippen LogP contribution >= 0.6 is 11.3 Å². The van der Waals surface area contributed by atoms with E-state index in [4.69, 9.17) is 4.42 Å². The number of hydrogen-bond acceptors (Lipinski definition) is 5. The average molecular weight is 328 g/mol.